The number of fused-ring (bicyclic) bond motifs is 1. The zero-order valence-corrected chi connectivity index (χ0v) is 11.8. The molecule has 0 saturated carbocycles. The van der Waals surface area contributed by atoms with E-state index in [1.807, 2.05) is 18.2 Å². The van der Waals surface area contributed by atoms with Crippen LogP contribution in [-0.4, -0.2) is 35.3 Å². The van der Waals surface area contributed by atoms with Crippen molar-refractivity contribution >= 4 is 16.8 Å². The van der Waals surface area contributed by atoms with Crippen molar-refractivity contribution in [3.63, 3.8) is 0 Å². The zero-order chi connectivity index (χ0) is 14.8. The molecular weight excluding hydrogens is 256 g/mol. The maximum absolute atomic E-state index is 12.1. The molecule has 0 bridgehead atoms. The minimum atomic E-state index is -0.666. The molecule has 0 aliphatic rings. The number of aromatic nitrogens is 1. The molecule has 0 spiro atoms. The summed E-state index contributed by atoms with van der Waals surface area (Å²) >= 11 is 0. The molecule has 2 aromatic rings. The van der Waals surface area contributed by atoms with Gasteiger partial charge in [0.1, 0.15) is 11.3 Å². The average Bonchev–Trinajstić information content (AvgIpc) is 2.45. The Hall–Kier alpha value is -2.14. The van der Waals surface area contributed by atoms with E-state index in [9.17, 15) is 9.90 Å². The minimum Gasteiger partial charge on any atom is -0.494 e. The Morgan fingerprint density at radius 3 is 2.85 bits per heavy atom. The molecule has 0 fully saturated rings. The molecule has 0 radical (unpaired) electrons. The van der Waals surface area contributed by atoms with Crippen LogP contribution in [0.3, 0.4) is 0 Å². The highest BCUT2D eigenvalue weighted by Crippen LogP contribution is 2.23. The molecule has 2 N–H and O–H groups in total. The maximum atomic E-state index is 12.1. The standard InChI is InChI=1S/C15H18N2O3/c1-15(2,9-18)17-14(19)11-7-10-5-4-6-12(20-3)13(10)16-8-11/h4-8,18H,9H2,1-3H3,(H,17,19). The number of benzene rings is 1. The van der Waals surface area contributed by atoms with E-state index in [4.69, 9.17) is 4.74 Å². The number of nitrogens with one attached hydrogen (secondary N) is 1. The molecule has 1 aromatic heterocycles. The van der Waals surface area contributed by atoms with E-state index < -0.39 is 5.54 Å². The minimum absolute atomic E-state index is 0.131. The van der Waals surface area contributed by atoms with Crippen molar-refractivity contribution in [3.05, 3.63) is 36.0 Å². The lowest BCUT2D eigenvalue weighted by atomic mass is 10.1. The second-order valence-corrected chi connectivity index (χ2v) is 5.25. The van der Waals surface area contributed by atoms with Crippen LogP contribution in [0.4, 0.5) is 0 Å². The molecule has 2 rings (SSSR count). The molecule has 0 saturated heterocycles. The number of amides is 1. The molecular formula is C15H18N2O3. The predicted octanol–water partition coefficient (Wildman–Crippen LogP) is 1.74. The normalized spacial score (nSPS) is 11.4. The zero-order valence-electron chi connectivity index (χ0n) is 11.8. The van der Waals surface area contributed by atoms with Gasteiger partial charge < -0.3 is 15.2 Å². The van der Waals surface area contributed by atoms with Crippen molar-refractivity contribution in [1.82, 2.24) is 10.3 Å². The van der Waals surface area contributed by atoms with Gasteiger partial charge in [0, 0.05) is 11.6 Å². The Kier molecular flexibility index (Phi) is 3.90. The van der Waals surface area contributed by atoms with Crippen molar-refractivity contribution in [1.29, 1.82) is 0 Å². The third-order valence-electron chi connectivity index (χ3n) is 3.00. The molecule has 5 nitrogen and oxygen atoms in total. The molecule has 1 heterocycles. The van der Waals surface area contributed by atoms with Gasteiger partial charge in [-0.05, 0) is 26.0 Å². The Balaban J connectivity index is 2.35. The average molecular weight is 274 g/mol. The Morgan fingerprint density at radius 2 is 2.20 bits per heavy atom. The first-order chi connectivity index (χ1) is 9.46. The number of rotatable bonds is 4. The lowest BCUT2D eigenvalue weighted by Crippen LogP contribution is -2.46. The maximum Gasteiger partial charge on any atom is 0.253 e. The van der Waals surface area contributed by atoms with Gasteiger partial charge in [0.25, 0.3) is 5.91 Å². The SMILES string of the molecule is COc1cccc2cc(C(=O)NC(C)(C)CO)cnc12. The molecule has 1 aromatic carbocycles. The van der Waals surface area contributed by atoms with Crippen molar-refractivity contribution in [2.24, 2.45) is 0 Å². The van der Waals surface area contributed by atoms with E-state index >= 15 is 0 Å². The molecule has 0 unspecified atom stereocenters. The molecule has 0 aliphatic carbocycles. The van der Waals surface area contributed by atoms with Gasteiger partial charge in [0.05, 0.1) is 24.8 Å². The van der Waals surface area contributed by atoms with Gasteiger partial charge in [-0.2, -0.15) is 0 Å². The highest BCUT2D eigenvalue weighted by molar-refractivity contribution is 5.98. The number of hydrogen-bond donors (Lipinski definition) is 2. The summed E-state index contributed by atoms with van der Waals surface area (Å²) in [6.07, 6.45) is 1.51. The summed E-state index contributed by atoms with van der Waals surface area (Å²) in [5.41, 5.74) is 0.501. The van der Waals surface area contributed by atoms with Crippen molar-refractivity contribution in [2.75, 3.05) is 13.7 Å². The highest BCUT2D eigenvalue weighted by Gasteiger charge is 2.20. The quantitative estimate of drug-likeness (QED) is 0.891. The fourth-order valence-corrected chi connectivity index (χ4v) is 1.84. The lowest BCUT2D eigenvalue weighted by molar-refractivity contribution is 0.0869. The molecule has 20 heavy (non-hydrogen) atoms. The second kappa shape index (κ2) is 5.46. The third-order valence-corrected chi connectivity index (χ3v) is 3.00. The summed E-state index contributed by atoms with van der Waals surface area (Å²) in [7, 11) is 1.58. The second-order valence-electron chi connectivity index (χ2n) is 5.25. The Labute approximate surface area is 117 Å². The monoisotopic (exact) mass is 274 g/mol. The Bertz CT molecular complexity index is 638. The number of aliphatic hydroxyl groups excluding tert-OH is 1. The fourth-order valence-electron chi connectivity index (χ4n) is 1.84. The first kappa shape index (κ1) is 14.3. The van der Waals surface area contributed by atoms with Crippen LogP contribution in [0.25, 0.3) is 10.9 Å². The van der Waals surface area contributed by atoms with Gasteiger partial charge in [0.2, 0.25) is 0 Å². The number of ether oxygens (including phenoxy) is 1. The van der Waals surface area contributed by atoms with E-state index in [1.165, 1.54) is 6.20 Å². The van der Waals surface area contributed by atoms with Gasteiger partial charge in [0.15, 0.2) is 0 Å². The summed E-state index contributed by atoms with van der Waals surface area (Å²) in [6.45, 7) is 3.37. The van der Waals surface area contributed by atoms with Crippen LogP contribution in [0.15, 0.2) is 30.5 Å². The highest BCUT2D eigenvalue weighted by atomic mass is 16.5. The van der Waals surface area contributed by atoms with Gasteiger partial charge in [-0.25, -0.2) is 0 Å². The van der Waals surface area contributed by atoms with Gasteiger partial charge in [-0.3, -0.25) is 9.78 Å². The van der Waals surface area contributed by atoms with E-state index in [-0.39, 0.29) is 12.5 Å². The lowest BCUT2D eigenvalue weighted by Gasteiger charge is -2.23. The number of pyridine rings is 1. The van der Waals surface area contributed by atoms with Gasteiger partial charge in [-0.15, -0.1) is 0 Å². The molecule has 0 atom stereocenters. The van der Waals surface area contributed by atoms with Crippen LogP contribution < -0.4 is 10.1 Å². The molecule has 0 aliphatic heterocycles. The molecule has 106 valence electrons. The summed E-state index contributed by atoms with van der Waals surface area (Å²) < 4.78 is 5.23. The van der Waals surface area contributed by atoms with E-state index in [2.05, 4.69) is 10.3 Å². The number of hydrogen-bond acceptors (Lipinski definition) is 4. The molecule has 5 heteroatoms. The van der Waals surface area contributed by atoms with Crippen LogP contribution in [0.1, 0.15) is 24.2 Å². The number of nitrogens with zero attached hydrogens (tertiary/aromatic N) is 1. The summed E-state index contributed by atoms with van der Waals surface area (Å²) in [4.78, 5) is 16.4. The number of para-hydroxylation sites is 1. The van der Waals surface area contributed by atoms with Gasteiger partial charge >= 0.3 is 0 Å². The summed E-state index contributed by atoms with van der Waals surface area (Å²) in [5, 5.41) is 12.8. The largest absolute Gasteiger partial charge is 0.494 e. The van der Waals surface area contributed by atoms with Crippen molar-refractivity contribution in [2.45, 2.75) is 19.4 Å². The number of methoxy groups -OCH3 is 1. The summed E-state index contributed by atoms with van der Waals surface area (Å²) in [6, 6.07) is 7.30. The number of aliphatic hydroxyl groups is 1. The first-order valence-electron chi connectivity index (χ1n) is 6.33. The smallest absolute Gasteiger partial charge is 0.253 e. The van der Waals surface area contributed by atoms with Crippen LogP contribution in [0, 0.1) is 0 Å². The number of carbonyl (C=O) groups excluding carboxylic acids is 1. The third kappa shape index (κ3) is 2.88. The molecule has 1 amide bonds. The number of carbonyl (C=O) groups is 1. The Morgan fingerprint density at radius 1 is 1.45 bits per heavy atom. The van der Waals surface area contributed by atoms with E-state index in [0.717, 1.165) is 5.39 Å². The predicted molar refractivity (Wildman–Crippen MR) is 76.9 cm³/mol. The van der Waals surface area contributed by atoms with Crippen LogP contribution in [0.5, 0.6) is 5.75 Å². The van der Waals surface area contributed by atoms with E-state index in [1.54, 1.807) is 27.0 Å². The van der Waals surface area contributed by atoms with Crippen molar-refractivity contribution < 1.29 is 14.6 Å². The fraction of sp³-hybridized carbons (Fsp3) is 0.333. The van der Waals surface area contributed by atoms with Crippen LogP contribution >= 0.6 is 0 Å². The van der Waals surface area contributed by atoms with Gasteiger partial charge in [-0.1, -0.05) is 12.1 Å². The topological polar surface area (TPSA) is 71.5 Å². The summed E-state index contributed by atoms with van der Waals surface area (Å²) in [5.74, 6) is 0.409. The van der Waals surface area contributed by atoms with E-state index in [0.29, 0.717) is 16.8 Å². The van der Waals surface area contributed by atoms with Crippen molar-refractivity contribution in [3.8, 4) is 5.75 Å². The van der Waals surface area contributed by atoms with Crippen LogP contribution in [0.2, 0.25) is 0 Å². The first-order valence-corrected chi connectivity index (χ1v) is 6.33. The van der Waals surface area contributed by atoms with Crippen LogP contribution in [-0.2, 0) is 0 Å².